The average molecular weight is 155 g/mol. The van der Waals surface area contributed by atoms with Crippen molar-refractivity contribution in [3.05, 3.63) is 0 Å². The minimum atomic E-state index is 0.471. The monoisotopic (exact) mass is 155 g/mol. The van der Waals surface area contributed by atoms with E-state index in [-0.39, 0.29) is 0 Å². The van der Waals surface area contributed by atoms with Crippen LogP contribution in [0.5, 0.6) is 0 Å². The Balaban J connectivity index is 2.37. The largest absolute Gasteiger partial charge is 0.300 e. The van der Waals surface area contributed by atoms with Crippen molar-refractivity contribution in [2.75, 3.05) is 13.1 Å². The fraction of sp³-hybridized carbons (Fsp3) is 1.00. The van der Waals surface area contributed by atoms with Crippen LogP contribution in [0.15, 0.2) is 0 Å². The molecule has 1 atom stereocenters. The molecule has 1 aliphatic heterocycles. The normalized spacial score (nSPS) is 27.8. The van der Waals surface area contributed by atoms with Crippen LogP contribution in [0.25, 0.3) is 0 Å². The van der Waals surface area contributed by atoms with Crippen LogP contribution in [0.1, 0.15) is 40.5 Å². The van der Waals surface area contributed by atoms with Gasteiger partial charge < -0.3 is 4.90 Å². The first-order valence-corrected chi connectivity index (χ1v) is 4.73. The van der Waals surface area contributed by atoms with Crippen molar-refractivity contribution in [2.45, 2.75) is 46.6 Å². The summed E-state index contributed by atoms with van der Waals surface area (Å²) in [5.74, 6) is 0. The lowest BCUT2D eigenvalue weighted by Gasteiger charge is -2.29. The lowest BCUT2D eigenvalue weighted by atomic mass is 9.96. The van der Waals surface area contributed by atoms with E-state index in [1.165, 1.54) is 25.9 Å². The van der Waals surface area contributed by atoms with Crippen LogP contribution >= 0.6 is 0 Å². The van der Waals surface area contributed by atoms with E-state index < -0.39 is 0 Å². The summed E-state index contributed by atoms with van der Waals surface area (Å²) in [5.41, 5.74) is 0.471. The van der Waals surface area contributed by atoms with Crippen molar-refractivity contribution < 1.29 is 0 Å². The van der Waals surface area contributed by atoms with Crippen LogP contribution in [-0.2, 0) is 0 Å². The van der Waals surface area contributed by atoms with E-state index in [4.69, 9.17) is 0 Å². The number of nitrogens with zero attached hydrogens (tertiary/aromatic N) is 1. The second kappa shape index (κ2) is 3.14. The SMILES string of the molecule is C[C@@H]1CCCN1CC(C)(C)C. The molecule has 1 rings (SSSR count). The summed E-state index contributed by atoms with van der Waals surface area (Å²) in [6, 6.07) is 0.828. The van der Waals surface area contributed by atoms with Crippen molar-refractivity contribution in [1.29, 1.82) is 0 Å². The summed E-state index contributed by atoms with van der Waals surface area (Å²) < 4.78 is 0. The van der Waals surface area contributed by atoms with E-state index >= 15 is 0 Å². The Morgan fingerprint density at radius 3 is 2.36 bits per heavy atom. The molecule has 1 heterocycles. The molecule has 0 saturated carbocycles. The van der Waals surface area contributed by atoms with Crippen LogP contribution in [-0.4, -0.2) is 24.0 Å². The van der Waals surface area contributed by atoms with Gasteiger partial charge in [0, 0.05) is 12.6 Å². The average Bonchev–Trinajstić information content (AvgIpc) is 2.12. The van der Waals surface area contributed by atoms with Gasteiger partial charge in [-0.25, -0.2) is 0 Å². The van der Waals surface area contributed by atoms with Gasteiger partial charge in [-0.1, -0.05) is 20.8 Å². The number of hydrogen-bond donors (Lipinski definition) is 0. The van der Waals surface area contributed by atoms with Crippen molar-refractivity contribution in [1.82, 2.24) is 4.90 Å². The van der Waals surface area contributed by atoms with Gasteiger partial charge in [0.2, 0.25) is 0 Å². The summed E-state index contributed by atoms with van der Waals surface area (Å²) in [6.45, 7) is 11.9. The minimum Gasteiger partial charge on any atom is -0.300 e. The molecule has 0 aliphatic carbocycles. The summed E-state index contributed by atoms with van der Waals surface area (Å²) in [5, 5.41) is 0. The molecule has 0 aromatic carbocycles. The van der Waals surface area contributed by atoms with Gasteiger partial charge in [-0.3, -0.25) is 0 Å². The minimum absolute atomic E-state index is 0.471. The molecule has 0 unspecified atom stereocenters. The molecule has 0 spiro atoms. The summed E-state index contributed by atoms with van der Waals surface area (Å²) >= 11 is 0. The molecule has 0 aromatic heterocycles. The third kappa shape index (κ3) is 2.82. The van der Waals surface area contributed by atoms with Gasteiger partial charge in [-0.05, 0) is 31.7 Å². The third-order valence-electron chi connectivity index (χ3n) is 2.37. The zero-order chi connectivity index (χ0) is 8.48. The van der Waals surface area contributed by atoms with Gasteiger partial charge >= 0.3 is 0 Å². The standard InChI is InChI=1S/C10H21N/c1-9-6-5-7-11(9)8-10(2,3)4/h9H,5-8H2,1-4H3/t9-/m1/s1. The molecule has 1 nitrogen and oxygen atoms in total. The molecular weight excluding hydrogens is 134 g/mol. The maximum absolute atomic E-state index is 2.61. The van der Waals surface area contributed by atoms with Crippen molar-refractivity contribution in [3.63, 3.8) is 0 Å². The first kappa shape index (κ1) is 9.05. The zero-order valence-electron chi connectivity index (χ0n) is 8.35. The molecule has 0 bridgehead atoms. The molecule has 0 amide bonds. The van der Waals surface area contributed by atoms with Gasteiger partial charge in [0.15, 0.2) is 0 Å². The molecule has 0 N–H and O–H groups in total. The molecule has 1 saturated heterocycles. The fourth-order valence-corrected chi connectivity index (χ4v) is 1.84. The Kier molecular flexibility index (Phi) is 2.58. The van der Waals surface area contributed by atoms with E-state index in [2.05, 4.69) is 32.6 Å². The number of likely N-dealkylation sites (tertiary alicyclic amines) is 1. The topological polar surface area (TPSA) is 3.24 Å². The Morgan fingerprint density at radius 2 is 2.00 bits per heavy atom. The van der Waals surface area contributed by atoms with E-state index in [0.717, 1.165) is 6.04 Å². The highest BCUT2D eigenvalue weighted by Crippen LogP contribution is 2.22. The van der Waals surface area contributed by atoms with Gasteiger partial charge in [0.05, 0.1) is 0 Å². The first-order chi connectivity index (χ1) is 4.99. The van der Waals surface area contributed by atoms with Crippen molar-refractivity contribution in [2.24, 2.45) is 5.41 Å². The second-order valence-electron chi connectivity index (χ2n) is 5.02. The summed E-state index contributed by atoms with van der Waals surface area (Å²) in [4.78, 5) is 2.61. The lowest BCUT2D eigenvalue weighted by Crippen LogP contribution is -2.34. The Bertz CT molecular complexity index is 123. The molecule has 0 aromatic rings. The van der Waals surface area contributed by atoms with Crippen molar-refractivity contribution in [3.8, 4) is 0 Å². The summed E-state index contributed by atoms with van der Waals surface area (Å²) in [7, 11) is 0. The van der Waals surface area contributed by atoms with E-state index in [1.807, 2.05) is 0 Å². The third-order valence-corrected chi connectivity index (χ3v) is 2.37. The Morgan fingerprint density at radius 1 is 1.36 bits per heavy atom. The molecule has 0 radical (unpaired) electrons. The quantitative estimate of drug-likeness (QED) is 0.562. The van der Waals surface area contributed by atoms with Crippen LogP contribution in [0, 0.1) is 5.41 Å². The molecule has 66 valence electrons. The highest BCUT2D eigenvalue weighted by atomic mass is 15.2. The zero-order valence-corrected chi connectivity index (χ0v) is 8.35. The van der Waals surface area contributed by atoms with Crippen LogP contribution in [0.2, 0.25) is 0 Å². The first-order valence-electron chi connectivity index (χ1n) is 4.73. The highest BCUT2D eigenvalue weighted by Gasteiger charge is 2.24. The predicted octanol–water partition coefficient (Wildman–Crippen LogP) is 2.52. The fourth-order valence-electron chi connectivity index (χ4n) is 1.84. The lowest BCUT2D eigenvalue weighted by molar-refractivity contribution is 0.186. The van der Waals surface area contributed by atoms with E-state index in [9.17, 15) is 0 Å². The predicted molar refractivity (Wildman–Crippen MR) is 49.7 cm³/mol. The van der Waals surface area contributed by atoms with Gasteiger partial charge in [0.1, 0.15) is 0 Å². The second-order valence-corrected chi connectivity index (χ2v) is 5.02. The molecular formula is C10H21N. The molecule has 11 heavy (non-hydrogen) atoms. The van der Waals surface area contributed by atoms with Crippen molar-refractivity contribution >= 4 is 0 Å². The van der Waals surface area contributed by atoms with E-state index in [0.29, 0.717) is 5.41 Å². The maximum atomic E-state index is 2.61. The maximum Gasteiger partial charge on any atom is 0.00676 e. The highest BCUT2D eigenvalue weighted by molar-refractivity contribution is 4.79. The smallest absolute Gasteiger partial charge is 0.00676 e. The number of hydrogen-bond acceptors (Lipinski definition) is 1. The number of rotatable bonds is 1. The Hall–Kier alpha value is -0.0400. The van der Waals surface area contributed by atoms with Gasteiger partial charge in [0.25, 0.3) is 0 Å². The van der Waals surface area contributed by atoms with Crippen LogP contribution in [0.4, 0.5) is 0 Å². The van der Waals surface area contributed by atoms with E-state index in [1.54, 1.807) is 0 Å². The summed E-state index contributed by atoms with van der Waals surface area (Å²) in [6.07, 6.45) is 2.80. The van der Waals surface area contributed by atoms with Crippen LogP contribution < -0.4 is 0 Å². The van der Waals surface area contributed by atoms with Crippen LogP contribution in [0.3, 0.4) is 0 Å². The molecule has 1 aliphatic rings. The Labute approximate surface area is 70.8 Å². The molecule has 1 heteroatoms. The molecule has 1 fully saturated rings. The van der Waals surface area contributed by atoms with Gasteiger partial charge in [-0.2, -0.15) is 0 Å². The van der Waals surface area contributed by atoms with Gasteiger partial charge in [-0.15, -0.1) is 0 Å².